The van der Waals surface area contributed by atoms with Gasteiger partial charge in [0.2, 0.25) is 5.13 Å². The number of para-hydroxylation sites is 1. The van der Waals surface area contributed by atoms with Crippen LogP contribution in [0.2, 0.25) is 0 Å². The lowest BCUT2D eigenvalue weighted by atomic mass is 10.2. The Hall–Kier alpha value is -2.99. The minimum atomic E-state index is -0.182. The van der Waals surface area contributed by atoms with Gasteiger partial charge < -0.3 is 4.57 Å². The molecular weight excluding hydrogens is 320 g/mol. The molecule has 4 aromatic rings. The Morgan fingerprint density at radius 2 is 1.88 bits per heavy atom. The van der Waals surface area contributed by atoms with Gasteiger partial charge in [0.25, 0.3) is 5.91 Å². The van der Waals surface area contributed by atoms with Gasteiger partial charge in [0.1, 0.15) is 11.2 Å². The van der Waals surface area contributed by atoms with Gasteiger partial charge in [-0.25, -0.2) is 0 Å². The molecule has 0 aliphatic rings. The van der Waals surface area contributed by atoms with Crippen LogP contribution in [0.4, 0.5) is 5.13 Å². The average Bonchev–Trinajstić information content (AvgIpc) is 3.24. The van der Waals surface area contributed by atoms with Gasteiger partial charge in [0.05, 0.1) is 0 Å². The van der Waals surface area contributed by atoms with Gasteiger partial charge in [-0.15, -0.1) is 10.2 Å². The highest BCUT2D eigenvalue weighted by molar-refractivity contribution is 7.13. The Morgan fingerprint density at radius 1 is 1.08 bits per heavy atom. The number of fused-ring (bicyclic) bond motifs is 1. The van der Waals surface area contributed by atoms with Crippen molar-refractivity contribution in [2.45, 2.75) is 6.54 Å². The van der Waals surface area contributed by atoms with Crippen molar-refractivity contribution < 1.29 is 4.79 Å². The summed E-state index contributed by atoms with van der Waals surface area (Å²) < 4.78 is 2.03. The molecule has 5 nitrogen and oxygen atoms in total. The lowest BCUT2D eigenvalue weighted by molar-refractivity contribution is 0.101. The summed E-state index contributed by atoms with van der Waals surface area (Å²) in [5.74, 6) is -0.182. The standard InChI is InChI=1S/C18H14N4OS/c23-17(20-18-21-19-12-24-18)16-10-14-8-4-5-9-15(14)22(16)11-13-6-2-1-3-7-13/h1-10,12H,11H2,(H,20,21,23). The Balaban J connectivity index is 1.76. The van der Waals surface area contributed by atoms with Gasteiger partial charge >= 0.3 is 0 Å². The lowest BCUT2D eigenvalue weighted by Crippen LogP contribution is -2.17. The predicted octanol–water partition coefficient (Wildman–Crippen LogP) is 3.79. The van der Waals surface area contributed by atoms with Crippen molar-refractivity contribution in [1.29, 1.82) is 0 Å². The predicted molar refractivity (Wildman–Crippen MR) is 95.3 cm³/mol. The van der Waals surface area contributed by atoms with Gasteiger partial charge in [-0.05, 0) is 17.7 Å². The number of hydrogen-bond donors (Lipinski definition) is 1. The van der Waals surface area contributed by atoms with Crippen LogP contribution in [0.5, 0.6) is 0 Å². The maximum absolute atomic E-state index is 12.7. The van der Waals surface area contributed by atoms with Crippen LogP contribution in [0.25, 0.3) is 10.9 Å². The van der Waals surface area contributed by atoms with E-state index in [9.17, 15) is 4.79 Å². The molecule has 0 radical (unpaired) electrons. The van der Waals surface area contributed by atoms with E-state index in [1.54, 1.807) is 5.51 Å². The number of carbonyl (C=O) groups excluding carboxylic acids is 1. The van der Waals surface area contributed by atoms with Crippen molar-refractivity contribution in [3.8, 4) is 0 Å². The Kier molecular flexibility index (Phi) is 3.80. The first-order chi connectivity index (χ1) is 11.8. The first kappa shape index (κ1) is 14.6. The highest BCUT2D eigenvalue weighted by atomic mass is 32.1. The molecule has 2 aromatic heterocycles. The third kappa shape index (κ3) is 2.79. The number of hydrogen-bond acceptors (Lipinski definition) is 4. The fourth-order valence-corrected chi connectivity index (χ4v) is 3.16. The van der Waals surface area contributed by atoms with E-state index in [4.69, 9.17) is 0 Å². The van der Waals surface area contributed by atoms with Crippen molar-refractivity contribution in [3.05, 3.63) is 77.4 Å². The Bertz CT molecular complexity index is 977. The zero-order valence-corrected chi connectivity index (χ0v) is 13.5. The van der Waals surface area contributed by atoms with Crippen LogP contribution >= 0.6 is 11.3 Å². The second kappa shape index (κ2) is 6.25. The van der Waals surface area contributed by atoms with E-state index in [2.05, 4.69) is 27.6 Å². The first-order valence-electron chi connectivity index (χ1n) is 7.51. The highest BCUT2D eigenvalue weighted by Crippen LogP contribution is 2.22. The number of rotatable bonds is 4. The number of amides is 1. The van der Waals surface area contributed by atoms with E-state index in [1.165, 1.54) is 11.3 Å². The first-order valence-corrected chi connectivity index (χ1v) is 8.39. The number of nitrogens with zero attached hydrogens (tertiary/aromatic N) is 3. The molecule has 0 bridgehead atoms. The number of benzene rings is 2. The van der Waals surface area contributed by atoms with Crippen molar-refractivity contribution in [1.82, 2.24) is 14.8 Å². The van der Waals surface area contributed by atoms with Crippen molar-refractivity contribution in [2.24, 2.45) is 0 Å². The van der Waals surface area contributed by atoms with E-state index in [0.29, 0.717) is 17.4 Å². The molecule has 0 spiro atoms. The van der Waals surface area contributed by atoms with Crippen molar-refractivity contribution in [2.75, 3.05) is 5.32 Å². The summed E-state index contributed by atoms with van der Waals surface area (Å²) in [5.41, 5.74) is 4.37. The van der Waals surface area contributed by atoms with Gasteiger partial charge in [-0.2, -0.15) is 0 Å². The second-order valence-electron chi connectivity index (χ2n) is 5.36. The van der Waals surface area contributed by atoms with Gasteiger partial charge in [-0.3, -0.25) is 10.1 Å². The summed E-state index contributed by atoms with van der Waals surface area (Å²) in [7, 11) is 0. The molecule has 0 aliphatic carbocycles. The van der Waals surface area contributed by atoms with E-state index in [-0.39, 0.29) is 5.91 Å². The van der Waals surface area contributed by atoms with Gasteiger partial charge in [-0.1, -0.05) is 59.9 Å². The number of carbonyl (C=O) groups is 1. The molecule has 6 heteroatoms. The monoisotopic (exact) mass is 334 g/mol. The van der Waals surface area contributed by atoms with E-state index >= 15 is 0 Å². The second-order valence-corrected chi connectivity index (χ2v) is 6.19. The van der Waals surface area contributed by atoms with Crippen LogP contribution < -0.4 is 5.32 Å². The maximum Gasteiger partial charge on any atom is 0.274 e. The molecule has 2 aromatic carbocycles. The number of nitrogens with one attached hydrogen (secondary N) is 1. The van der Waals surface area contributed by atoms with E-state index < -0.39 is 0 Å². The van der Waals surface area contributed by atoms with E-state index in [0.717, 1.165) is 16.5 Å². The molecule has 0 aliphatic heterocycles. The molecule has 24 heavy (non-hydrogen) atoms. The smallest absolute Gasteiger partial charge is 0.274 e. The van der Waals surface area contributed by atoms with Crippen LogP contribution in [-0.2, 0) is 6.54 Å². The topological polar surface area (TPSA) is 59.8 Å². The molecule has 0 saturated carbocycles. The lowest BCUT2D eigenvalue weighted by Gasteiger charge is -2.10. The number of anilines is 1. The Labute approximate surface area is 142 Å². The Morgan fingerprint density at radius 3 is 2.67 bits per heavy atom. The largest absolute Gasteiger partial charge is 0.332 e. The summed E-state index contributed by atoms with van der Waals surface area (Å²) in [6.45, 7) is 0.632. The van der Waals surface area contributed by atoms with Crippen molar-refractivity contribution >= 4 is 33.3 Å². The molecule has 1 N–H and O–H groups in total. The van der Waals surface area contributed by atoms with Crippen LogP contribution in [0, 0.1) is 0 Å². The molecule has 0 fully saturated rings. The summed E-state index contributed by atoms with van der Waals surface area (Å²) in [6, 6.07) is 20.0. The minimum absolute atomic E-state index is 0.182. The van der Waals surface area contributed by atoms with Crippen LogP contribution in [0.1, 0.15) is 16.1 Å². The zero-order valence-electron chi connectivity index (χ0n) is 12.7. The molecule has 0 saturated heterocycles. The summed E-state index contributed by atoms with van der Waals surface area (Å²) in [6.07, 6.45) is 0. The fourth-order valence-electron chi connectivity index (χ4n) is 2.72. The van der Waals surface area contributed by atoms with Gasteiger partial charge in [0, 0.05) is 17.4 Å². The summed E-state index contributed by atoms with van der Waals surface area (Å²) in [4.78, 5) is 12.7. The van der Waals surface area contributed by atoms with E-state index in [1.807, 2.05) is 53.1 Å². The third-order valence-corrected chi connectivity index (χ3v) is 4.41. The van der Waals surface area contributed by atoms with Crippen LogP contribution in [0.15, 0.2) is 66.2 Å². The molecule has 1 amide bonds. The maximum atomic E-state index is 12.7. The zero-order chi connectivity index (χ0) is 16.4. The molecule has 118 valence electrons. The molecular formula is C18H14N4OS. The summed E-state index contributed by atoms with van der Waals surface area (Å²) >= 11 is 1.30. The molecule has 2 heterocycles. The third-order valence-electron chi connectivity index (χ3n) is 3.81. The highest BCUT2D eigenvalue weighted by Gasteiger charge is 2.16. The number of aromatic nitrogens is 3. The molecule has 0 unspecified atom stereocenters. The SMILES string of the molecule is O=C(Nc1nncs1)c1cc2ccccc2n1Cc1ccccc1. The van der Waals surface area contributed by atoms with Gasteiger partial charge in [0.15, 0.2) is 0 Å². The quantitative estimate of drug-likeness (QED) is 0.617. The average molecular weight is 334 g/mol. The minimum Gasteiger partial charge on any atom is -0.332 e. The molecule has 0 atom stereocenters. The van der Waals surface area contributed by atoms with Crippen LogP contribution in [0.3, 0.4) is 0 Å². The molecule has 4 rings (SSSR count). The van der Waals surface area contributed by atoms with Crippen molar-refractivity contribution in [3.63, 3.8) is 0 Å². The fraction of sp³-hybridized carbons (Fsp3) is 0.0556. The normalized spacial score (nSPS) is 10.8. The van der Waals surface area contributed by atoms with Crippen LogP contribution in [-0.4, -0.2) is 20.7 Å². The summed E-state index contributed by atoms with van der Waals surface area (Å²) in [5, 5.41) is 12.0.